The molecular formula is C24H27F3N8O5. The molecule has 4 heterocycles. The monoisotopic (exact) mass is 564 g/mol. The van der Waals surface area contributed by atoms with Crippen molar-refractivity contribution in [3.8, 4) is 6.01 Å². The summed E-state index contributed by atoms with van der Waals surface area (Å²) in [6.45, 7) is 6.93. The summed E-state index contributed by atoms with van der Waals surface area (Å²) >= 11 is 0. The summed E-state index contributed by atoms with van der Waals surface area (Å²) in [4.78, 5) is 32.5. The molecule has 214 valence electrons. The van der Waals surface area contributed by atoms with Crippen LogP contribution in [-0.4, -0.2) is 80.0 Å². The second kappa shape index (κ2) is 13.1. The Hall–Kier alpha value is -4.44. The molecule has 1 fully saturated rings. The Kier molecular flexibility index (Phi) is 9.34. The highest BCUT2D eigenvalue weighted by atomic mass is 19.4. The zero-order valence-electron chi connectivity index (χ0n) is 21.4. The van der Waals surface area contributed by atoms with Crippen LogP contribution in [0, 0.1) is 0 Å². The topological polar surface area (TPSA) is 164 Å². The van der Waals surface area contributed by atoms with Gasteiger partial charge in [-0.15, -0.1) is 0 Å². The zero-order valence-corrected chi connectivity index (χ0v) is 21.4. The number of benzene rings is 1. The summed E-state index contributed by atoms with van der Waals surface area (Å²) in [5.74, 6) is -0.278. The van der Waals surface area contributed by atoms with Crippen LogP contribution in [0.3, 0.4) is 0 Å². The van der Waals surface area contributed by atoms with Crippen LogP contribution in [0.1, 0.15) is 18.5 Å². The van der Waals surface area contributed by atoms with E-state index in [0.717, 1.165) is 61.2 Å². The summed E-state index contributed by atoms with van der Waals surface area (Å²) in [7, 11) is 0. The molecule has 0 aliphatic carbocycles. The molecule has 4 N–H and O–H groups in total. The minimum absolute atomic E-state index is 0.241. The third-order valence-corrected chi connectivity index (χ3v) is 5.40. The maximum Gasteiger partial charge on any atom is 0.490 e. The highest BCUT2D eigenvalue weighted by Crippen LogP contribution is 2.22. The maximum absolute atomic E-state index is 10.6. The van der Waals surface area contributed by atoms with E-state index >= 15 is 0 Å². The van der Waals surface area contributed by atoms with E-state index in [0.29, 0.717) is 25.0 Å². The summed E-state index contributed by atoms with van der Waals surface area (Å²) in [6.07, 6.45) is -3.46. The molecule has 13 nitrogen and oxygen atoms in total. The van der Waals surface area contributed by atoms with Crippen LogP contribution in [0.4, 0.5) is 30.8 Å². The van der Waals surface area contributed by atoms with Gasteiger partial charge in [0.25, 0.3) is 0 Å². The van der Waals surface area contributed by atoms with Gasteiger partial charge in [-0.25, -0.2) is 9.78 Å². The number of rotatable bonds is 9. The highest BCUT2D eigenvalue weighted by molar-refractivity contribution is 5.80. The number of carboxylic acid groups (broad SMARTS) is 1. The number of carboxylic acids is 1. The first-order valence-corrected chi connectivity index (χ1v) is 12.2. The number of morpholine rings is 1. The van der Waals surface area contributed by atoms with Gasteiger partial charge in [0.1, 0.15) is 11.6 Å². The molecule has 40 heavy (non-hydrogen) atoms. The van der Waals surface area contributed by atoms with Crippen LogP contribution in [0.25, 0.3) is 11.0 Å². The number of nitrogens with zero attached hydrogens (tertiary/aromatic N) is 5. The van der Waals surface area contributed by atoms with Gasteiger partial charge in [-0.3, -0.25) is 4.90 Å². The second-order valence-corrected chi connectivity index (χ2v) is 8.36. The number of furan rings is 1. The average Bonchev–Trinajstić information content (AvgIpc) is 3.57. The van der Waals surface area contributed by atoms with E-state index in [-0.39, 0.29) is 6.01 Å². The molecule has 0 atom stereocenters. The van der Waals surface area contributed by atoms with Gasteiger partial charge in [0.2, 0.25) is 11.9 Å². The van der Waals surface area contributed by atoms with Gasteiger partial charge in [-0.1, -0.05) is 0 Å². The number of ether oxygens (including phenoxy) is 2. The lowest BCUT2D eigenvalue weighted by atomic mass is 10.3. The van der Waals surface area contributed by atoms with Gasteiger partial charge in [0.05, 0.1) is 50.2 Å². The van der Waals surface area contributed by atoms with Gasteiger partial charge >= 0.3 is 18.2 Å². The van der Waals surface area contributed by atoms with Crippen LogP contribution >= 0.6 is 0 Å². The number of H-pyrrole nitrogens is 1. The van der Waals surface area contributed by atoms with Crippen molar-refractivity contribution < 1.29 is 37.0 Å². The molecule has 4 aromatic rings. The lowest BCUT2D eigenvalue weighted by molar-refractivity contribution is -0.192. The minimum Gasteiger partial charge on any atom is -0.475 e. The number of imidazole rings is 1. The number of nitrogens with one attached hydrogen (secondary N) is 3. The summed E-state index contributed by atoms with van der Waals surface area (Å²) in [5.41, 5.74) is 2.67. The van der Waals surface area contributed by atoms with Crippen molar-refractivity contribution in [2.24, 2.45) is 0 Å². The number of aliphatic carboxylic acids is 1. The van der Waals surface area contributed by atoms with E-state index < -0.39 is 12.1 Å². The lowest BCUT2D eigenvalue weighted by Crippen LogP contribution is -2.35. The largest absolute Gasteiger partial charge is 0.490 e. The lowest BCUT2D eigenvalue weighted by Gasteiger charge is -2.25. The fourth-order valence-corrected chi connectivity index (χ4v) is 3.58. The van der Waals surface area contributed by atoms with Crippen LogP contribution < -0.4 is 15.4 Å². The van der Waals surface area contributed by atoms with Crippen molar-refractivity contribution in [3.05, 3.63) is 48.2 Å². The number of hydrogen-bond acceptors (Lipinski definition) is 11. The van der Waals surface area contributed by atoms with Gasteiger partial charge in [-0.05, 0) is 37.3 Å². The summed E-state index contributed by atoms with van der Waals surface area (Å²) in [5, 5.41) is 13.5. The summed E-state index contributed by atoms with van der Waals surface area (Å²) in [6, 6.07) is 9.87. The molecule has 16 heteroatoms. The Morgan fingerprint density at radius 3 is 2.58 bits per heavy atom. The quantitative estimate of drug-likeness (QED) is 0.234. The van der Waals surface area contributed by atoms with Crippen molar-refractivity contribution in [3.63, 3.8) is 0 Å². The molecule has 0 amide bonds. The van der Waals surface area contributed by atoms with Crippen molar-refractivity contribution >= 4 is 34.6 Å². The van der Waals surface area contributed by atoms with Crippen LogP contribution in [0.5, 0.6) is 6.01 Å². The number of halogens is 3. The predicted molar refractivity (Wildman–Crippen MR) is 136 cm³/mol. The van der Waals surface area contributed by atoms with Gasteiger partial charge in [-0.2, -0.15) is 28.1 Å². The highest BCUT2D eigenvalue weighted by Gasteiger charge is 2.38. The van der Waals surface area contributed by atoms with Crippen LogP contribution in [-0.2, 0) is 22.6 Å². The molecule has 1 aromatic carbocycles. The Morgan fingerprint density at radius 2 is 1.90 bits per heavy atom. The summed E-state index contributed by atoms with van der Waals surface area (Å²) < 4.78 is 48.0. The number of aromatic nitrogens is 5. The number of fused-ring (bicyclic) bond motifs is 1. The van der Waals surface area contributed by atoms with Gasteiger partial charge in [0.15, 0.2) is 0 Å². The number of carbonyl (C=O) groups is 1. The first-order chi connectivity index (χ1) is 19.2. The normalized spacial score (nSPS) is 13.9. The first-order valence-electron chi connectivity index (χ1n) is 12.2. The zero-order chi connectivity index (χ0) is 28.5. The van der Waals surface area contributed by atoms with Crippen molar-refractivity contribution in [2.75, 3.05) is 43.5 Å². The molecule has 0 spiro atoms. The maximum atomic E-state index is 10.6. The first kappa shape index (κ1) is 28.6. The van der Waals surface area contributed by atoms with E-state index in [1.807, 2.05) is 37.3 Å². The molecule has 1 aliphatic heterocycles. The Labute approximate surface area is 225 Å². The smallest absolute Gasteiger partial charge is 0.475 e. The van der Waals surface area contributed by atoms with Gasteiger partial charge < -0.3 is 34.6 Å². The second-order valence-electron chi connectivity index (χ2n) is 8.36. The van der Waals surface area contributed by atoms with Crippen molar-refractivity contribution in [1.82, 2.24) is 29.8 Å². The van der Waals surface area contributed by atoms with Crippen molar-refractivity contribution in [1.29, 1.82) is 0 Å². The molecule has 5 rings (SSSR count). The van der Waals surface area contributed by atoms with E-state index in [2.05, 4.69) is 35.5 Å². The molecule has 0 bridgehead atoms. The standard InChI is InChI=1S/C22H26N8O3.C2HF3O2/c1-2-32-22-28-20(23-13-16-4-3-9-33-16)27-21(29-22)24-15-5-6-17-18(12-15)26-19(25-17)14-30-7-10-31-11-8-30;3-2(4,5)1(6)7/h3-6,9,12H,2,7-8,10-11,13-14H2,1H3,(H,25,26)(H2,23,24,27,28,29);(H,6,7). The van der Waals surface area contributed by atoms with E-state index in [1.165, 1.54) is 0 Å². The predicted octanol–water partition coefficient (Wildman–Crippen LogP) is 3.56. The minimum atomic E-state index is -5.08. The molecule has 0 saturated carbocycles. The van der Waals surface area contributed by atoms with E-state index in [1.54, 1.807) is 6.26 Å². The third kappa shape index (κ3) is 8.28. The molecule has 3 aromatic heterocycles. The van der Waals surface area contributed by atoms with Crippen molar-refractivity contribution in [2.45, 2.75) is 26.2 Å². The SMILES string of the molecule is CCOc1nc(NCc2ccco2)nc(Nc2ccc3[nH]c(CN4CCOCC4)nc3c2)n1.O=C(O)C(F)(F)F. The molecular weight excluding hydrogens is 537 g/mol. The Bertz CT molecular complexity index is 1390. The van der Waals surface area contributed by atoms with E-state index in [4.69, 9.17) is 28.8 Å². The van der Waals surface area contributed by atoms with Crippen LogP contribution in [0.2, 0.25) is 0 Å². The van der Waals surface area contributed by atoms with Crippen LogP contribution in [0.15, 0.2) is 41.0 Å². The molecule has 0 radical (unpaired) electrons. The van der Waals surface area contributed by atoms with Gasteiger partial charge in [0, 0.05) is 18.8 Å². The third-order valence-electron chi connectivity index (χ3n) is 5.40. The molecule has 1 saturated heterocycles. The number of hydrogen-bond donors (Lipinski definition) is 4. The Balaban J connectivity index is 0.000000470. The Morgan fingerprint density at radius 1 is 1.15 bits per heavy atom. The van der Waals surface area contributed by atoms with E-state index in [9.17, 15) is 13.2 Å². The number of alkyl halides is 3. The number of anilines is 3. The molecule has 0 unspecified atom stereocenters. The fraction of sp³-hybridized carbons (Fsp3) is 0.375. The average molecular weight is 565 g/mol. The fourth-order valence-electron chi connectivity index (χ4n) is 3.58. The molecule has 1 aliphatic rings. The number of aromatic amines is 1.